The quantitative estimate of drug-likeness (QED) is 0.537. The van der Waals surface area contributed by atoms with Gasteiger partial charge in [-0.05, 0) is 36.2 Å². The molecule has 1 unspecified atom stereocenters. The monoisotopic (exact) mass is 392 g/mol. The maximum Gasteiger partial charge on any atom is 0.184 e. The Kier molecular flexibility index (Phi) is 6.40. The summed E-state index contributed by atoms with van der Waals surface area (Å²) < 4.78 is 22.6. The predicted octanol–water partition coefficient (Wildman–Crippen LogP) is 5.00. The average Bonchev–Trinajstić information content (AvgIpc) is 2.78. The van der Waals surface area contributed by atoms with Crippen molar-refractivity contribution in [2.45, 2.75) is 25.9 Å². The minimum Gasteiger partial charge on any atom is -0.497 e. The van der Waals surface area contributed by atoms with Crippen molar-refractivity contribution in [1.29, 1.82) is 5.26 Å². The first-order chi connectivity index (χ1) is 14.2. The van der Waals surface area contributed by atoms with Gasteiger partial charge in [0.1, 0.15) is 34.6 Å². The van der Waals surface area contributed by atoms with Crippen molar-refractivity contribution in [2.75, 3.05) is 21.3 Å². The molecular formula is C23H24N2O4. The van der Waals surface area contributed by atoms with Gasteiger partial charge in [0, 0.05) is 11.8 Å². The van der Waals surface area contributed by atoms with Gasteiger partial charge in [0.25, 0.3) is 0 Å². The van der Waals surface area contributed by atoms with Gasteiger partial charge >= 0.3 is 0 Å². The zero-order valence-electron chi connectivity index (χ0n) is 17.1. The van der Waals surface area contributed by atoms with Crippen molar-refractivity contribution in [2.24, 2.45) is 0 Å². The van der Waals surface area contributed by atoms with Gasteiger partial charge in [-0.25, -0.2) is 0 Å². The standard InChI is InChI=1S/C23H24N2O4/c1-5-6-17(13-24)29-23-18(15-7-9-16(26-2)10-8-15)14-25-22-20(28-4)12-11-19(27-3)21(22)23/h7-12,14,17H,5-6H2,1-4H3. The van der Waals surface area contributed by atoms with E-state index in [1.54, 1.807) is 33.6 Å². The highest BCUT2D eigenvalue weighted by Gasteiger charge is 2.21. The topological polar surface area (TPSA) is 73.6 Å². The van der Waals surface area contributed by atoms with Crippen molar-refractivity contribution in [3.8, 4) is 40.2 Å². The first kappa shape index (κ1) is 20.3. The van der Waals surface area contributed by atoms with E-state index in [9.17, 15) is 5.26 Å². The van der Waals surface area contributed by atoms with Crippen molar-refractivity contribution in [1.82, 2.24) is 4.98 Å². The van der Waals surface area contributed by atoms with E-state index in [-0.39, 0.29) is 0 Å². The molecule has 0 saturated heterocycles. The van der Waals surface area contributed by atoms with Crippen LogP contribution in [0.5, 0.6) is 23.0 Å². The summed E-state index contributed by atoms with van der Waals surface area (Å²) >= 11 is 0. The number of hydrogen-bond acceptors (Lipinski definition) is 6. The molecule has 0 saturated carbocycles. The summed E-state index contributed by atoms with van der Waals surface area (Å²) in [6.45, 7) is 2.02. The third-order valence-corrected chi connectivity index (χ3v) is 4.69. The predicted molar refractivity (Wildman–Crippen MR) is 112 cm³/mol. The molecule has 0 fully saturated rings. The van der Waals surface area contributed by atoms with E-state index in [1.165, 1.54) is 0 Å². The molecule has 29 heavy (non-hydrogen) atoms. The van der Waals surface area contributed by atoms with E-state index in [2.05, 4.69) is 11.1 Å². The van der Waals surface area contributed by atoms with E-state index in [1.807, 2.05) is 37.3 Å². The number of rotatable bonds is 8. The zero-order chi connectivity index (χ0) is 20.8. The maximum atomic E-state index is 9.58. The number of fused-ring (bicyclic) bond motifs is 1. The van der Waals surface area contributed by atoms with Gasteiger partial charge in [0.2, 0.25) is 0 Å². The number of aromatic nitrogens is 1. The van der Waals surface area contributed by atoms with Crippen LogP contribution in [0.2, 0.25) is 0 Å². The summed E-state index contributed by atoms with van der Waals surface area (Å²) in [5.41, 5.74) is 2.28. The number of nitrogens with zero attached hydrogens (tertiary/aromatic N) is 2. The third-order valence-electron chi connectivity index (χ3n) is 4.69. The summed E-state index contributed by atoms with van der Waals surface area (Å²) in [6.07, 6.45) is 2.61. The van der Waals surface area contributed by atoms with Crippen LogP contribution in [-0.2, 0) is 0 Å². The zero-order valence-corrected chi connectivity index (χ0v) is 17.1. The normalized spacial score (nSPS) is 11.6. The molecule has 0 aliphatic carbocycles. The smallest absolute Gasteiger partial charge is 0.184 e. The molecule has 0 amide bonds. The fourth-order valence-corrected chi connectivity index (χ4v) is 3.21. The van der Waals surface area contributed by atoms with E-state index >= 15 is 0 Å². The SMILES string of the molecule is CCCC(C#N)Oc1c(-c2ccc(OC)cc2)cnc2c(OC)ccc(OC)c12. The molecule has 0 radical (unpaired) electrons. The van der Waals surface area contributed by atoms with Crippen molar-refractivity contribution < 1.29 is 18.9 Å². The molecule has 3 aromatic rings. The molecule has 0 N–H and O–H groups in total. The van der Waals surface area contributed by atoms with Crippen LogP contribution in [0.3, 0.4) is 0 Å². The Morgan fingerprint density at radius 2 is 1.66 bits per heavy atom. The second kappa shape index (κ2) is 9.16. The summed E-state index contributed by atoms with van der Waals surface area (Å²) in [5.74, 6) is 2.52. The van der Waals surface area contributed by atoms with E-state index in [0.29, 0.717) is 34.6 Å². The summed E-state index contributed by atoms with van der Waals surface area (Å²) in [7, 11) is 4.81. The fourth-order valence-electron chi connectivity index (χ4n) is 3.21. The Morgan fingerprint density at radius 1 is 0.966 bits per heavy atom. The van der Waals surface area contributed by atoms with E-state index in [4.69, 9.17) is 18.9 Å². The molecule has 6 nitrogen and oxygen atoms in total. The number of hydrogen-bond donors (Lipinski definition) is 0. The number of methoxy groups -OCH3 is 3. The third kappa shape index (κ3) is 4.04. The second-order valence-corrected chi connectivity index (χ2v) is 6.45. The highest BCUT2D eigenvalue weighted by atomic mass is 16.5. The van der Waals surface area contributed by atoms with Crippen LogP contribution in [-0.4, -0.2) is 32.4 Å². The van der Waals surface area contributed by atoms with Crippen LogP contribution in [0.4, 0.5) is 0 Å². The largest absolute Gasteiger partial charge is 0.497 e. The van der Waals surface area contributed by atoms with Crippen LogP contribution in [0.15, 0.2) is 42.6 Å². The Morgan fingerprint density at radius 3 is 2.24 bits per heavy atom. The molecule has 6 heteroatoms. The Labute approximate surface area is 170 Å². The fraction of sp³-hybridized carbons (Fsp3) is 0.304. The van der Waals surface area contributed by atoms with Crippen molar-refractivity contribution in [3.63, 3.8) is 0 Å². The maximum absolute atomic E-state index is 9.58. The summed E-state index contributed by atoms with van der Waals surface area (Å²) in [4.78, 5) is 4.62. The lowest BCUT2D eigenvalue weighted by atomic mass is 10.0. The number of pyridine rings is 1. The lowest BCUT2D eigenvalue weighted by Crippen LogP contribution is -2.14. The number of benzene rings is 2. The Hall–Kier alpha value is -3.46. The molecule has 1 heterocycles. The lowest BCUT2D eigenvalue weighted by Gasteiger charge is -2.19. The molecule has 1 aromatic heterocycles. The number of nitriles is 1. The first-order valence-corrected chi connectivity index (χ1v) is 9.41. The molecule has 0 spiro atoms. The van der Waals surface area contributed by atoms with Crippen LogP contribution >= 0.6 is 0 Å². The van der Waals surface area contributed by atoms with Crippen LogP contribution in [0, 0.1) is 11.3 Å². The first-order valence-electron chi connectivity index (χ1n) is 9.41. The average molecular weight is 392 g/mol. The van der Waals surface area contributed by atoms with Crippen molar-refractivity contribution >= 4 is 10.9 Å². The van der Waals surface area contributed by atoms with Gasteiger partial charge in [0.15, 0.2) is 6.10 Å². The van der Waals surface area contributed by atoms with Gasteiger partial charge in [-0.3, -0.25) is 4.98 Å². The molecular weight excluding hydrogens is 368 g/mol. The van der Waals surface area contributed by atoms with Crippen LogP contribution < -0.4 is 18.9 Å². The van der Waals surface area contributed by atoms with Gasteiger partial charge in [-0.2, -0.15) is 5.26 Å². The van der Waals surface area contributed by atoms with Gasteiger partial charge in [-0.1, -0.05) is 25.5 Å². The van der Waals surface area contributed by atoms with E-state index < -0.39 is 6.10 Å². The molecule has 150 valence electrons. The summed E-state index contributed by atoms with van der Waals surface area (Å²) in [5, 5.41) is 10.3. The molecule has 0 aliphatic heterocycles. The van der Waals surface area contributed by atoms with Crippen molar-refractivity contribution in [3.05, 3.63) is 42.6 Å². The Balaban J connectivity index is 2.29. The highest BCUT2D eigenvalue weighted by molar-refractivity contribution is 5.99. The van der Waals surface area contributed by atoms with Gasteiger partial charge < -0.3 is 18.9 Å². The molecule has 0 bridgehead atoms. The molecule has 0 aliphatic rings. The van der Waals surface area contributed by atoms with E-state index in [0.717, 1.165) is 23.3 Å². The second-order valence-electron chi connectivity index (χ2n) is 6.45. The minimum absolute atomic E-state index is 0.552. The molecule has 2 aromatic carbocycles. The minimum atomic E-state index is -0.585. The highest BCUT2D eigenvalue weighted by Crippen LogP contribution is 2.44. The molecule has 1 atom stereocenters. The van der Waals surface area contributed by atoms with Crippen LogP contribution in [0.1, 0.15) is 19.8 Å². The van der Waals surface area contributed by atoms with Crippen LogP contribution in [0.25, 0.3) is 22.0 Å². The van der Waals surface area contributed by atoms with Gasteiger partial charge in [0.05, 0.1) is 26.7 Å². The Bertz CT molecular complexity index is 1030. The number of ether oxygens (including phenoxy) is 4. The van der Waals surface area contributed by atoms with Gasteiger partial charge in [-0.15, -0.1) is 0 Å². The summed E-state index contributed by atoms with van der Waals surface area (Å²) in [6, 6.07) is 13.5. The lowest BCUT2D eigenvalue weighted by molar-refractivity contribution is 0.247. The molecule has 3 rings (SSSR count).